The molecule has 1 aliphatic rings. The molecule has 2 aromatic carbocycles. The highest BCUT2D eigenvalue weighted by Gasteiger charge is 2.44. The number of nitrogens with two attached hydrogens (primary N) is 1. The molecular weight excluding hydrogens is 418 g/mol. The molecule has 0 amide bonds. The van der Waals surface area contributed by atoms with Crippen LogP contribution >= 0.6 is 11.8 Å². The second-order valence-corrected chi connectivity index (χ2v) is 11.2. The van der Waals surface area contributed by atoms with Crippen LogP contribution in [0.3, 0.4) is 0 Å². The van der Waals surface area contributed by atoms with Gasteiger partial charge < -0.3 is 15.6 Å². The highest BCUT2D eigenvalue weighted by molar-refractivity contribution is 8.04. The number of esters is 1. The zero-order valence-corrected chi connectivity index (χ0v) is 20.8. The van der Waals surface area contributed by atoms with E-state index in [-0.39, 0.29) is 17.1 Å². The zero-order valence-electron chi connectivity index (χ0n) is 20.0. The number of thioether (sulfide) groups is 1. The predicted molar refractivity (Wildman–Crippen MR) is 133 cm³/mol. The number of cyclic esters (lactones) is 1. The van der Waals surface area contributed by atoms with E-state index in [9.17, 15) is 9.90 Å². The number of nitrogen functional groups attached to an aromatic ring is 1. The van der Waals surface area contributed by atoms with Crippen molar-refractivity contribution < 1.29 is 14.6 Å². The number of rotatable bonds is 6. The fourth-order valence-electron chi connectivity index (χ4n) is 4.08. The van der Waals surface area contributed by atoms with Crippen molar-refractivity contribution in [2.45, 2.75) is 76.7 Å². The van der Waals surface area contributed by atoms with Crippen molar-refractivity contribution in [3.05, 3.63) is 69.8 Å². The highest BCUT2D eigenvalue weighted by atomic mass is 32.2. The lowest BCUT2D eigenvalue weighted by Crippen LogP contribution is -2.44. The Morgan fingerprint density at radius 3 is 2.38 bits per heavy atom. The summed E-state index contributed by atoms with van der Waals surface area (Å²) in [7, 11) is 0. The zero-order chi connectivity index (χ0) is 23.7. The Balaban J connectivity index is 1.87. The van der Waals surface area contributed by atoms with Gasteiger partial charge in [0.2, 0.25) is 0 Å². The molecule has 3 N–H and O–H groups in total. The molecule has 1 heterocycles. The minimum Gasteiger partial charge on any atom is -0.511 e. The average Bonchev–Trinajstić information content (AvgIpc) is 2.69. The van der Waals surface area contributed by atoms with Gasteiger partial charge in [-0.2, -0.15) is 0 Å². The number of aryl methyl sites for hydroxylation is 2. The molecule has 1 atom stereocenters. The van der Waals surface area contributed by atoms with Crippen LogP contribution in [-0.2, 0) is 21.4 Å². The van der Waals surface area contributed by atoms with E-state index in [0.717, 1.165) is 33.7 Å². The molecule has 2 aromatic rings. The van der Waals surface area contributed by atoms with Gasteiger partial charge in [0.25, 0.3) is 0 Å². The Hall–Kier alpha value is -2.40. The van der Waals surface area contributed by atoms with Crippen molar-refractivity contribution >= 4 is 23.4 Å². The third-order valence-corrected chi connectivity index (χ3v) is 7.40. The van der Waals surface area contributed by atoms with Gasteiger partial charge in [-0.15, -0.1) is 0 Å². The molecule has 0 radical (unpaired) electrons. The minimum absolute atomic E-state index is 0.0676. The minimum atomic E-state index is -0.730. The summed E-state index contributed by atoms with van der Waals surface area (Å²) in [5.41, 5.74) is 9.10. The van der Waals surface area contributed by atoms with Gasteiger partial charge in [0.15, 0.2) is 0 Å². The molecule has 172 valence electrons. The monoisotopic (exact) mass is 453 g/mol. The molecule has 0 bridgehead atoms. The van der Waals surface area contributed by atoms with E-state index >= 15 is 0 Å². The normalized spacial score (nSPS) is 19.4. The average molecular weight is 454 g/mol. The number of benzene rings is 2. The molecule has 3 rings (SSSR count). The standard InChI is InChI=1S/C27H35NO3S/c1-17(2)27(14-13-19-8-10-20(28)11-9-19)16-22(29)24(25(30)31-27)32-23-15-18(3)7-12-21(23)26(4,5)6/h7-12,15,17,29H,13-14,16,28H2,1-6H3/t27-/m0/s1. The van der Waals surface area contributed by atoms with Gasteiger partial charge in [-0.25, -0.2) is 4.79 Å². The van der Waals surface area contributed by atoms with Crippen LogP contribution in [0.1, 0.15) is 64.2 Å². The van der Waals surface area contributed by atoms with Crippen LogP contribution in [0.2, 0.25) is 0 Å². The largest absolute Gasteiger partial charge is 0.511 e. The van der Waals surface area contributed by atoms with Gasteiger partial charge in [0.1, 0.15) is 16.3 Å². The Labute approximate surface area is 196 Å². The summed E-state index contributed by atoms with van der Waals surface area (Å²) in [6.45, 7) is 12.6. The molecule has 0 fully saturated rings. The quantitative estimate of drug-likeness (QED) is 0.376. The van der Waals surface area contributed by atoms with E-state index in [1.54, 1.807) is 0 Å². The number of aliphatic hydroxyl groups excluding tert-OH is 1. The topological polar surface area (TPSA) is 72.6 Å². The number of anilines is 1. The number of carbonyl (C=O) groups is 1. The van der Waals surface area contributed by atoms with E-state index in [0.29, 0.717) is 17.7 Å². The number of hydrogen-bond acceptors (Lipinski definition) is 5. The molecule has 4 nitrogen and oxygen atoms in total. The first-order valence-corrected chi connectivity index (χ1v) is 12.0. The van der Waals surface area contributed by atoms with Gasteiger partial charge in [0, 0.05) is 17.0 Å². The maximum Gasteiger partial charge on any atom is 0.349 e. The lowest BCUT2D eigenvalue weighted by molar-refractivity contribution is -0.164. The van der Waals surface area contributed by atoms with Gasteiger partial charge in [-0.05, 0) is 66.0 Å². The lowest BCUT2D eigenvalue weighted by Gasteiger charge is -2.40. The summed E-state index contributed by atoms with van der Waals surface area (Å²) < 4.78 is 6.09. The SMILES string of the molecule is Cc1ccc(C(C)(C)C)c(SC2=C(O)C[C@@](CCc3ccc(N)cc3)(C(C)C)OC2=O)c1. The van der Waals surface area contributed by atoms with Crippen molar-refractivity contribution in [2.75, 3.05) is 5.73 Å². The molecule has 0 saturated carbocycles. The molecule has 5 heteroatoms. The van der Waals surface area contributed by atoms with Gasteiger partial charge in [-0.1, -0.05) is 70.6 Å². The van der Waals surface area contributed by atoms with Crippen molar-refractivity contribution in [2.24, 2.45) is 5.92 Å². The van der Waals surface area contributed by atoms with E-state index in [4.69, 9.17) is 10.5 Å². The van der Waals surface area contributed by atoms with Crippen molar-refractivity contribution in [1.82, 2.24) is 0 Å². The van der Waals surface area contributed by atoms with Crippen LogP contribution in [0, 0.1) is 12.8 Å². The number of hydrogen-bond donors (Lipinski definition) is 2. The fraction of sp³-hybridized carbons (Fsp3) is 0.444. The molecular formula is C27H35NO3S. The third-order valence-electron chi connectivity index (χ3n) is 6.24. The Morgan fingerprint density at radius 1 is 1.16 bits per heavy atom. The molecule has 0 unspecified atom stereocenters. The van der Waals surface area contributed by atoms with E-state index in [2.05, 4.69) is 39.0 Å². The van der Waals surface area contributed by atoms with Crippen LogP contribution in [0.15, 0.2) is 58.0 Å². The summed E-state index contributed by atoms with van der Waals surface area (Å²) in [5.74, 6) is -0.247. The number of carbonyl (C=O) groups excluding carboxylic acids is 1. The van der Waals surface area contributed by atoms with E-state index in [1.807, 2.05) is 45.0 Å². The third kappa shape index (κ3) is 5.32. The maximum absolute atomic E-state index is 13.2. The number of ether oxygens (including phenoxy) is 1. The van der Waals surface area contributed by atoms with Crippen molar-refractivity contribution in [1.29, 1.82) is 0 Å². The molecule has 0 aromatic heterocycles. The van der Waals surface area contributed by atoms with Crippen LogP contribution in [-0.4, -0.2) is 16.7 Å². The second-order valence-electron chi connectivity index (χ2n) is 10.2. The smallest absolute Gasteiger partial charge is 0.349 e. The fourth-order valence-corrected chi connectivity index (χ4v) is 5.35. The van der Waals surface area contributed by atoms with Crippen molar-refractivity contribution in [3.63, 3.8) is 0 Å². The molecule has 32 heavy (non-hydrogen) atoms. The molecule has 0 aliphatic carbocycles. The number of aliphatic hydroxyl groups is 1. The van der Waals surface area contributed by atoms with Gasteiger partial charge in [-0.3, -0.25) is 0 Å². The van der Waals surface area contributed by atoms with Crippen LogP contribution in [0.5, 0.6) is 0 Å². The summed E-state index contributed by atoms with van der Waals surface area (Å²) in [6, 6.07) is 14.0. The Morgan fingerprint density at radius 2 is 1.81 bits per heavy atom. The molecule has 0 spiro atoms. The van der Waals surface area contributed by atoms with Crippen LogP contribution in [0.25, 0.3) is 0 Å². The van der Waals surface area contributed by atoms with E-state index < -0.39 is 11.6 Å². The van der Waals surface area contributed by atoms with Crippen molar-refractivity contribution in [3.8, 4) is 0 Å². The lowest BCUT2D eigenvalue weighted by atomic mass is 9.80. The first-order chi connectivity index (χ1) is 14.9. The van der Waals surface area contributed by atoms with Gasteiger partial charge >= 0.3 is 5.97 Å². The first-order valence-electron chi connectivity index (χ1n) is 11.2. The van der Waals surface area contributed by atoms with Crippen LogP contribution in [0.4, 0.5) is 5.69 Å². The summed E-state index contributed by atoms with van der Waals surface area (Å²) in [6.07, 6.45) is 1.71. The van der Waals surface area contributed by atoms with E-state index in [1.165, 1.54) is 11.8 Å². The highest BCUT2D eigenvalue weighted by Crippen LogP contribution is 2.45. The summed E-state index contributed by atoms with van der Waals surface area (Å²) >= 11 is 1.32. The molecule has 0 saturated heterocycles. The predicted octanol–water partition coefficient (Wildman–Crippen LogP) is 6.71. The second kappa shape index (κ2) is 9.22. The van der Waals surface area contributed by atoms with Crippen LogP contribution < -0.4 is 5.73 Å². The Kier molecular flexibility index (Phi) is 6.99. The maximum atomic E-state index is 13.2. The molecule has 1 aliphatic heterocycles. The first kappa shape index (κ1) is 24.2. The Bertz CT molecular complexity index is 1020. The summed E-state index contributed by atoms with van der Waals surface area (Å²) in [4.78, 5) is 14.4. The van der Waals surface area contributed by atoms with Gasteiger partial charge in [0.05, 0.1) is 0 Å². The summed E-state index contributed by atoms with van der Waals surface area (Å²) in [5, 5.41) is 11.0.